The zero-order chi connectivity index (χ0) is 21.4. The molecule has 0 radical (unpaired) electrons. The Kier molecular flexibility index (Phi) is 5.68. The number of nitrogens with zero attached hydrogens (tertiary/aromatic N) is 5. The smallest absolute Gasteiger partial charge is 0.244 e. The van der Waals surface area contributed by atoms with Gasteiger partial charge in [0.15, 0.2) is 0 Å². The summed E-state index contributed by atoms with van der Waals surface area (Å²) in [6, 6.07) is 11.9. The van der Waals surface area contributed by atoms with Crippen molar-refractivity contribution in [3.8, 4) is 0 Å². The van der Waals surface area contributed by atoms with Gasteiger partial charge in [0, 0.05) is 51.4 Å². The Morgan fingerprint density at radius 2 is 1.71 bits per heavy atom. The summed E-state index contributed by atoms with van der Waals surface area (Å²) >= 11 is 1.80. The SMILES string of the molecule is CN1CCN(S(=O)(=O)c2ccc(N3CCC(c4nc5ccccc5s4)CC3)nc2)CC1. The molecule has 0 N–H and O–H groups in total. The molecule has 0 unspecified atom stereocenters. The van der Waals surface area contributed by atoms with Crippen LogP contribution in [0.4, 0.5) is 5.82 Å². The van der Waals surface area contributed by atoms with E-state index in [1.54, 1.807) is 21.7 Å². The van der Waals surface area contributed by atoms with Crippen LogP contribution in [0.15, 0.2) is 47.5 Å². The van der Waals surface area contributed by atoms with Crippen molar-refractivity contribution in [3.05, 3.63) is 47.6 Å². The van der Waals surface area contributed by atoms with E-state index in [0.29, 0.717) is 19.0 Å². The Morgan fingerprint density at radius 1 is 0.968 bits per heavy atom. The van der Waals surface area contributed by atoms with E-state index in [1.807, 2.05) is 19.2 Å². The molecule has 0 spiro atoms. The lowest BCUT2D eigenvalue weighted by Gasteiger charge is -2.32. The number of piperidine rings is 1. The number of sulfonamides is 1. The van der Waals surface area contributed by atoms with Crippen molar-refractivity contribution in [2.45, 2.75) is 23.7 Å². The lowest BCUT2D eigenvalue weighted by atomic mass is 9.97. The Morgan fingerprint density at radius 3 is 2.39 bits per heavy atom. The topological polar surface area (TPSA) is 69.6 Å². The third kappa shape index (κ3) is 4.19. The lowest BCUT2D eigenvalue weighted by Crippen LogP contribution is -2.47. The van der Waals surface area contributed by atoms with Gasteiger partial charge in [-0.1, -0.05) is 12.1 Å². The third-order valence-electron chi connectivity index (χ3n) is 6.30. The van der Waals surface area contributed by atoms with Crippen molar-refractivity contribution < 1.29 is 8.42 Å². The van der Waals surface area contributed by atoms with E-state index in [0.717, 1.165) is 50.4 Å². The predicted octanol–water partition coefficient (Wildman–Crippen LogP) is 3.01. The van der Waals surface area contributed by atoms with Crippen LogP contribution >= 0.6 is 11.3 Å². The third-order valence-corrected chi connectivity index (χ3v) is 9.38. The second-order valence-corrected chi connectivity index (χ2v) is 11.3. The molecule has 2 fully saturated rings. The molecule has 7 nitrogen and oxygen atoms in total. The molecule has 0 amide bonds. The van der Waals surface area contributed by atoms with Crippen molar-refractivity contribution in [1.82, 2.24) is 19.2 Å². The van der Waals surface area contributed by atoms with Crippen LogP contribution in [0.5, 0.6) is 0 Å². The average Bonchev–Trinajstić information content (AvgIpc) is 3.24. The van der Waals surface area contributed by atoms with E-state index in [4.69, 9.17) is 4.98 Å². The number of pyridine rings is 1. The van der Waals surface area contributed by atoms with Crippen LogP contribution in [0.25, 0.3) is 10.2 Å². The monoisotopic (exact) mass is 457 g/mol. The number of hydrogen-bond donors (Lipinski definition) is 0. The second-order valence-electron chi connectivity index (χ2n) is 8.34. The van der Waals surface area contributed by atoms with Crippen LogP contribution in [-0.2, 0) is 10.0 Å². The minimum atomic E-state index is -3.47. The molecule has 0 bridgehead atoms. The molecule has 5 rings (SSSR count). The van der Waals surface area contributed by atoms with Crippen molar-refractivity contribution >= 4 is 37.4 Å². The molecule has 164 valence electrons. The zero-order valence-electron chi connectivity index (χ0n) is 17.6. The van der Waals surface area contributed by atoms with E-state index >= 15 is 0 Å². The van der Waals surface area contributed by atoms with Gasteiger partial charge in [-0.3, -0.25) is 0 Å². The van der Waals surface area contributed by atoms with E-state index < -0.39 is 10.0 Å². The molecule has 3 aromatic rings. The van der Waals surface area contributed by atoms with Crippen molar-refractivity contribution in [3.63, 3.8) is 0 Å². The van der Waals surface area contributed by atoms with Gasteiger partial charge >= 0.3 is 0 Å². The van der Waals surface area contributed by atoms with Gasteiger partial charge in [0.05, 0.1) is 15.2 Å². The Hall–Kier alpha value is -2.07. The number of thiazole rings is 1. The molecule has 0 aliphatic carbocycles. The molecular formula is C22H27N5O2S2. The van der Waals surface area contributed by atoms with Crippen LogP contribution in [0.3, 0.4) is 0 Å². The molecular weight excluding hydrogens is 430 g/mol. The van der Waals surface area contributed by atoms with Crippen LogP contribution in [0.1, 0.15) is 23.8 Å². The van der Waals surface area contributed by atoms with Crippen molar-refractivity contribution in [2.24, 2.45) is 0 Å². The highest BCUT2D eigenvalue weighted by molar-refractivity contribution is 7.89. The quantitative estimate of drug-likeness (QED) is 0.600. The highest BCUT2D eigenvalue weighted by Gasteiger charge is 2.28. The summed E-state index contributed by atoms with van der Waals surface area (Å²) in [4.78, 5) is 14.0. The summed E-state index contributed by atoms with van der Waals surface area (Å²) in [5.74, 6) is 1.32. The zero-order valence-corrected chi connectivity index (χ0v) is 19.3. The summed E-state index contributed by atoms with van der Waals surface area (Å²) in [5.41, 5.74) is 1.09. The molecule has 2 aliphatic rings. The number of fused-ring (bicyclic) bond motifs is 1. The first-order valence-corrected chi connectivity index (χ1v) is 13.0. The normalized spacial score (nSPS) is 19.8. The van der Waals surface area contributed by atoms with Gasteiger partial charge in [-0.05, 0) is 44.2 Å². The fraction of sp³-hybridized carbons (Fsp3) is 0.455. The van der Waals surface area contributed by atoms with Gasteiger partial charge in [-0.2, -0.15) is 4.31 Å². The van der Waals surface area contributed by atoms with Crippen LogP contribution in [0.2, 0.25) is 0 Å². The number of hydrogen-bond acceptors (Lipinski definition) is 7. The summed E-state index contributed by atoms with van der Waals surface area (Å²) in [5, 5.41) is 1.22. The van der Waals surface area contributed by atoms with E-state index in [1.165, 1.54) is 15.9 Å². The number of para-hydroxylation sites is 1. The fourth-order valence-electron chi connectivity index (χ4n) is 4.31. The van der Waals surface area contributed by atoms with Gasteiger partial charge in [0.25, 0.3) is 0 Å². The van der Waals surface area contributed by atoms with E-state index in [-0.39, 0.29) is 4.90 Å². The molecule has 0 atom stereocenters. The minimum Gasteiger partial charge on any atom is -0.357 e. The standard InChI is InChI=1S/C22H27N5O2S2/c1-25-12-14-27(15-13-25)31(28,29)18-6-7-21(23-16-18)26-10-8-17(9-11-26)22-24-19-4-2-3-5-20(19)30-22/h2-7,16-17H,8-15H2,1H3. The van der Waals surface area contributed by atoms with Crippen molar-refractivity contribution in [2.75, 3.05) is 51.2 Å². The molecule has 4 heterocycles. The first-order valence-electron chi connectivity index (χ1n) is 10.8. The number of piperazine rings is 1. The van der Waals surface area contributed by atoms with Crippen LogP contribution < -0.4 is 4.90 Å². The maximum Gasteiger partial charge on any atom is 0.244 e. The molecule has 0 saturated carbocycles. The average molecular weight is 458 g/mol. The van der Waals surface area contributed by atoms with Gasteiger partial charge in [0.2, 0.25) is 10.0 Å². The maximum absolute atomic E-state index is 12.9. The van der Waals surface area contributed by atoms with E-state index in [2.05, 4.69) is 33.0 Å². The van der Waals surface area contributed by atoms with Gasteiger partial charge in [0.1, 0.15) is 10.7 Å². The molecule has 2 saturated heterocycles. The summed E-state index contributed by atoms with van der Waals surface area (Å²) in [6.07, 6.45) is 3.58. The van der Waals surface area contributed by atoms with E-state index in [9.17, 15) is 8.42 Å². The van der Waals surface area contributed by atoms with Crippen LogP contribution in [0, 0.1) is 0 Å². The van der Waals surface area contributed by atoms with Crippen molar-refractivity contribution in [1.29, 1.82) is 0 Å². The Balaban J connectivity index is 1.24. The molecule has 1 aromatic carbocycles. The van der Waals surface area contributed by atoms with Gasteiger partial charge < -0.3 is 9.80 Å². The Bertz CT molecular complexity index is 1110. The summed E-state index contributed by atoms with van der Waals surface area (Å²) < 4.78 is 28.6. The maximum atomic E-state index is 12.9. The summed E-state index contributed by atoms with van der Waals surface area (Å²) in [6.45, 7) is 4.37. The lowest BCUT2D eigenvalue weighted by molar-refractivity contribution is 0.222. The fourth-order valence-corrected chi connectivity index (χ4v) is 6.81. The minimum absolute atomic E-state index is 0.283. The number of likely N-dealkylation sites (N-methyl/N-ethyl adjacent to an activating group) is 1. The Labute approximate surface area is 187 Å². The van der Waals surface area contributed by atoms with Gasteiger partial charge in [-0.15, -0.1) is 11.3 Å². The first kappa shape index (κ1) is 20.8. The van der Waals surface area contributed by atoms with Gasteiger partial charge in [-0.25, -0.2) is 18.4 Å². The second kappa shape index (κ2) is 8.46. The highest BCUT2D eigenvalue weighted by Crippen LogP contribution is 2.34. The highest BCUT2D eigenvalue weighted by atomic mass is 32.2. The first-order chi connectivity index (χ1) is 15.0. The number of rotatable bonds is 4. The predicted molar refractivity (Wildman–Crippen MR) is 124 cm³/mol. The number of anilines is 1. The summed E-state index contributed by atoms with van der Waals surface area (Å²) in [7, 11) is -1.46. The molecule has 31 heavy (non-hydrogen) atoms. The molecule has 2 aromatic heterocycles. The largest absolute Gasteiger partial charge is 0.357 e. The van der Waals surface area contributed by atoms with Crippen LogP contribution in [-0.4, -0.2) is 73.9 Å². The molecule has 9 heteroatoms. The number of benzene rings is 1. The molecule has 2 aliphatic heterocycles. The number of aromatic nitrogens is 2.